The summed E-state index contributed by atoms with van der Waals surface area (Å²) in [7, 11) is 0. The zero-order chi connectivity index (χ0) is 16.9. The van der Waals surface area contributed by atoms with Gasteiger partial charge in [-0.2, -0.15) is 0 Å². The first kappa shape index (κ1) is 16.4. The lowest BCUT2D eigenvalue weighted by molar-refractivity contribution is -0.385. The number of anilines is 1. The van der Waals surface area contributed by atoms with Crippen LogP contribution in [0.1, 0.15) is 11.1 Å². The van der Waals surface area contributed by atoms with Crippen LogP contribution in [-0.4, -0.2) is 45.7 Å². The Kier molecular flexibility index (Phi) is 5.02. The molecule has 0 spiro atoms. The number of nitro groups is 1. The molecule has 0 fully saturated rings. The minimum absolute atomic E-state index is 0.0481. The van der Waals surface area contributed by atoms with Gasteiger partial charge in [-0.25, -0.2) is 4.98 Å². The Bertz CT molecular complexity index is 705. The molecule has 126 valence electrons. The molecule has 1 aromatic carbocycles. The average Bonchev–Trinajstić information content (AvgIpc) is 2.60. The van der Waals surface area contributed by atoms with E-state index in [9.17, 15) is 15.2 Å². The third-order valence-electron chi connectivity index (χ3n) is 4.16. The smallest absolute Gasteiger partial charge is 0.287 e. The van der Waals surface area contributed by atoms with Gasteiger partial charge in [-0.15, -0.1) is 0 Å². The van der Waals surface area contributed by atoms with Crippen LogP contribution < -0.4 is 5.32 Å². The lowest BCUT2D eigenvalue weighted by Crippen LogP contribution is -2.39. The van der Waals surface area contributed by atoms with Gasteiger partial charge in [0.2, 0.25) is 0 Å². The summed E-state index contributed by atoms with van der Waals surface area (Å²) in [5.74, 6) is 0.517. The second-order valence-corrected chi connectivity index (χ2v) is 5.95. The summed E-state index contributed by atoms with van der Waals surface area (Å²) >= 11 is 0. The number of β-amino-alcohol motifs (C(OH)–C–C–N with tert-alkyl or cyclic N) is 1. The van der Waals surface area contributed by atoms with Gasteiger partial charge in [-0.3, -0.25) is 15.0 Å². The number of nitrogens with zero attached hydrogens (tertiary/aromatic N) is 3. The maximum atomic E-state index is 10.6. The molecule has 24 heavy (non-hydrogen) atoms. The van der Waals surface area contributed by atoms with E-state index in [1.165, 1.54) is 23.4 Å². The number of fused-ring (bicyclic) bond motifs is 1. The highest BCUT2D eigenvalue weighted by Crippen LogP contribution is 2.18. The largest absolute Gasteiger partial charge is 0.390 e. The third-order valence-corrected chi connectivity index (χ3v) is 4.16. The second kappa shape index (κ2) is 7.37. The van der Waals surface area contributed by atoms with E-state index in [-0.39, 0.29) is 5.69 Å². The highest BCUT2D eigenvalue weighted by atomic mass is 16.6. The molecule has 0 saturated heterocycles. The summed E-state index contributed by atoms with van der Waals surface area (Å²) in [5.41, 5.74) is 2.66. The maximum absolute atomic E-state index is 10.6. The minimum atomic E-state index is -0.535. The average molecular weight is 328 g/mol. The summed E-state index contributed by atoms with van der Waals surface area (Å²) in [6, 6.07) is 11.3. The van der Waals surface area contributed by atoms with E-state index >= 15 is 0 Å². The molecule has 0 saturated carbocycles. The van der Waals surface area contributed by atoms with Gasteiger partial charge < -0.3 is 10.4 Å². The molecule has 1 aliphatic rings. The lowest BCUT2D eigenvalue weighted by Gasteiger charge is -2.30. The minimum Gasteiger partial charge on any atom is -0.390 e. The normalized spacial score (nSPS) is 15.5. The first-order valence-electron chi connectivity index (χ1n) is 7.93. The first-order chi connectivity index (χ1) is 11.6. The highest BCUT2D eigenvalue weighted by Gasteiger charge is 2.18. The van der Waals surface area contributed by atoms with Crippen molar-refractivity contribution >= 4 is 11.5 Å². The van der Waals surface area contributed by atoms with Crippen LogP contribution in [0.5, 0.6) is 0 Å². The van der Waals surface area contributed by atoms with E-state index in [1.807, 2.05) is 6.07 Å². The van der Waals surface area contributed by atoms with Crippen LogP contribution in [0.3, 0.4) is 0 Å². The van der Waals surface area contributed by atoms with Crippen LogP contribution in [0, 0.1) is 10.1 Å². The number of hydrogen-bond donors (Lipinski definition) is 2. The molecule has 2 N–H and O–H groups in total. The van der Waals surface area contributed by atoms with Crippen LogP contribution in [0.15, 0.2) is 42.6 Å². The fraction of sp³-hybridized carbons (Fsp3) is 0.353. The molecule has 2 aromatic rings. The van der Waals surface area contributed by atoms with E-state index in [0.29, 0.717) is 18.9 Å². The predicted octanol–water partition coefficient (Wildman–Crippen LogP) is 1.82. The van der Waals surface area contributed by atoms with Crippen molar-refractivity contribution in [2.45, 2.75) is 19.1 Å². The summed E-state index contributed by atoms with van der Waals surface area (Å²) in [6.07, 6.45) is 1.67. The summed E-state index contributed by atoms with van der Waals surface area (Å²) < 4.78 is 0. The van der Waals surface area contributed by atoms with Gasteiger partial charge >= 0.3 is 0 Å². The quantitative estimate of drug-likeness (QED) is 0.621. The Balaban J connectivity index is 1.48. The monoisotopic (exact) mass is 328 g/mol. The van der Waals surface area contributed by atoms with Crippen LogP contribution >= 0.6 is 0 Å². The van der Waals surface area contributed by atoms with Crippen molar-refractivity contribution in [2.75, 3.05) is 25.0 Å². The van der Waals surface area contributed by atoms with Gasteiger partial charge in [0, 0.05) is 32.2 Å². The van der Waals surface area contributed by atoms with Crippen LogP contribution in [-0.2, 0) is 13.0 Å². The predicted molar refractivity (Wildman–Crippen MR) is 90.8 cm³/mol. The molecule has 7 nitrogen and oxygen atoms in total. The Morgan fingerprint density at radius 3 is 2.79 bits per heavy atom. The molecule has 0 bridgehead atoms. The van der Waals surface area contributed by atoms with E-state index in [4.69, 9.17) is 0 Å². The molecule has 3 rings (SSSR count). The van der Waals surface area contributed by atoms with Gasteiger partial charge in [0.25, 0.3) is 5.69 Å². The lowest BCUT2D eigenvalue weighted by atomic mass is 10.00. The molecule has 0 unspecified atom stereocenters. The fourth-order valence-corrected chi connectivity index (χ4v) is 2.89. The summed E-state index contributed by atoms with van der Waals surface area (Å²) in [4.78, 5) is 16.3. The molecule has 0 aliphatic carbocycles. The summed E-state index contributed by atoms with van der Waals surface area (Å²) in [5, 5.41) is 23.8. The Morgan fingerprint density at radius 1 is 1.29 bits per heavy atom. The summed E-state index contributed by atoms with van der Waals surface area (Å²) in [6.45, 7) is 2.71. The van der Waals surface area contributed by atoms with Crippen LogP contribution in [0.4, 0.5) is 11.5 Å². The third kappa shape index (κ3) is 4.06. The van der Waals surface area contributed by atoms with Gasteiger partial charge in [-0.1, -0.05) is 24.3 Å². The number of nitrogens with one attached hydrogen (secondary N) is 1. The van der Waals surface area contributed by atoms with Gasteiger partial charge in [0.05, 0.1) is 11.0 Å². The fourth-order valence-electron chi connectivity index (χ4n) is 2.89. The number of aliphatic hydroxyl groups excluding tert-OH is 1. The van der Waals surface area contributed by atoms with Crippen molar-refractivity contribution in [3.05, 3.63) is 63.8 Å². The van der Waals surface area contributed by atoms with Gasteiger partial charge in [0.1, 0.15) is 12.0 Å². The maximum Gasteiger partial charge on any atom is 0.287 e. The highest BCUT2D eigenvalue weighted by molar-refractivity contribution is 5.40. The van der Waals surface area contributed by atoms with Gasteiger partial charge in [-0.05, 0) is 23.6 Å². The number of benzene rings is 1. The zero-order valence-electron chi connectivity index (χ0n) is 13.3. The molecular weight excluding hydrogens is 308 g/mol. The Labute approximate surface area is 140 Å². The Hall–Kier alpha value is -2.51. The molecule has 1 aliphatic heterocycles. The zero-order valence-corrected chi connectivity index (χ0v) is 13.3. The van der Waals surface area contributed by atoms with E-state index in [0.717, 1.165) is 19.5 Å². The first-order valence-corrected chi connectivity index (χ1v) is 7.93. The molecule has 1 atom stereocenters. The van der Waals surface area contributed by atoms with Crippen molar-refractivity contribution in [3.8, 4) is 0 Å². The van der Waals surface area contributed by atoms with Crippen molar-refractivity contribution in [2.24, 2.45) is 0 Å². The van der Waals surface area contributed by atoms with Crippen molar-refractivity contribution in [1.82, 2.24) is 9.88 Å². The van der Waals surface area contributed by atoms with Crippen LogP contribution in [0.2, 0.25) is 0 Å². The second-order valence-electron chi connectivity index (χ2n) is 5.95. The molecule has 1 aromatic heterocycles. The van der Waals surface area contributed by atoms with Gasteiger partial charge in [0.15, 0.2) is 0 Å². The van der Waals surface area contributed by atoms with E-state index in [1.54, 1.807) is 6.07 Å². The van der Waals surface area contributed by atoms with Crippen molar-refractivity contribution in [1.29, 1.82) is 0 Å². The molecule has 7 heteroatoms. The number of hydrogen-bond acceptors (Lipinski definition) is 6. The van der Waals surface area contributed by atoms with E-state index < -0.39 is 11.0 Å². The number of rotatable bonds is 6. The van der Waals surface area contributed by atoms with Crippen LogP contribution in [0.25, 0.3) is 0 Å². The standard InChI is InChI=1S/C17H20N4O3/c22-16(10-19-17-6-5-15(9-18-17)21(23)24)12-20-8-7-13-3-1-2-4-14(13)11-20/h1-6,9,16,22H,7-8,10-12H2,(H,18,19)/t16-/m0/s1. The SMILES string of the molecule is O=[N+]([O-])c1ccc(NC[C@H](O)CN2CCc3ccccc3C2)nc1. The number of aliphatic hydroxyl groups is 1. The molecule has 2 heterocycles. The molecular formula is C17H20N4O3. The van der Waals surface area contributed by atoms with Crippen molar-refractivity contribution in [3.63, 3.8) is 0 Å². The number of pyridine rings is 1. The van der Waals surface area contributed by atoms with E-state index in [2.05, 4.69) is 33.4 Å². The number of aromatic nitrogens is 1. The Morgan fingerprint density at radius 2 is 2.08 bits per heavy atom. The van der Waals surface area contributed by atoms with Crippen molar-refractivity contribution < 1.29 is 10.0 Å². The molecule has 0 radical (unpaired) electrons. The topological polar surface area (TPSA) is 91.5 Å². The molecule has 0 amide bonds.